The van der Waals surface area contributed by atoms with Gasteiger partial charge in [-0.15, -0.1) is 0 Å². The molecule has 1 aromatic carbocycles. The SMILES string of the molecule is CCN(CC1CC1)C(=O)NCCc1cccc(C(=O)O)c1. The van der Waals surface area contributed by atoms with Crippen LogP contribution >= 0.6 is 0 Å². The molecule has 0 spiro atoms. The highest BCUT2D eigenvalue weighted by molar-refractivity contribution is 5.87. The van der Waals surface area contributed by atoms with Crippen LogP contribution in [0.5, 0.6) is 0 Å². The van der Waals surface area contributed by atoms with E-state index < -0.39 is 5.97 Å². The lowest BCUT2D eigenvalue weighted by Crippen LogP contribution is -2.41. The molecule has 21 heavy (non-hydrogen) atoms. The molecule has 1 fully saturated rings. The number of carboxylic acids is 1. The number of nitrogens with one attached hydrogen (secondary N) is 1. The molecule has 0 aromatic heterocycles. The van der Waals surface area contributed by atoms with E-state index in [1.807, 2.05) is 17.9 Å². The zero-order valence-electron chi connectivity index (χ0n) is 12.3. The van der Waals surface area contributed by atoms with E-state index >= 15 is 0 Å². The molecule has 5 nitrogen and oxygen atoms in total. The maximum absolute atomic E-state index is 12.0. The van der Waals surface area contributed by atoms with Crippen molar-refractivity contribution in [2.75, 3.05) is 19.6 Å². The van der Waals surface area contributed by atoms with Crippen LogP contribution in [0.15, 0.2) is 24.3 Å². The number of aromatic carboxylic acids is 1. The molecule has 0 unspecified atom stereocenters. The summed E-state index contributed by atoms with van der Waals surface area (Å²) in [6.45, 7) is 4.06. The van der Waals surface area contributed by atoms with Gasteiger partial charge in [-0.3, -0.25) is 0 Å². The second kappa shape index (κ2) is 7.11. The van der Waals surface area contributed by atoms with E-state index in [0.29, 0.717) is 18.9 Å². The molecule has 0 radical (unpaired) electrons. The quantitative estimate of drug-likeness (QED) is 0.810. The number of rotatable bonds is 7. The third-order valence-corrected chi connectivity index (χ3v) is 3.71. The van der Waals surface area contributed by atoms with Crippen molar-refractivity contribution in [2.45, 2.75) is 26.2 Å². The Kier molecular flexibility index (Phi) is 5.20. The van der Waals surface area contributed by atoms with Crippen LogP contribution < -0.4 is 5.32 Å². The average Bonchev–Trinajstić information content (AvgIpc) is 3.29. The van der Waals surface area contributed by atoms with Gasteiger partial charge in [0.05, 0.1) is 5.56 Å². The molecule has 2 rings (SSSR count). The molecule has 2 amide bonds. The Morgan fingerprint density at radius 3 is 2.76 bits per heavy atom. The summed E-state index contributed by atoms with van der Waals surface area (Å²) in [5.74, 6) is -0.245. The van der Waals surface area contributed by atoms with Crippen LogP contribution in [-0.4, -0.2) is 41.6 Å². The fourth-order valence-electron chi connectivity index (χ4n) is 2.25. The van der Waals surface area contributed by atoms with Crippen molar-refractivity contribution < 1.29 is 14.7 Å². The number of carboxylic acid groups (broad SMARTS) is 1. The van der Waals surface area contributed by atoms with Gasteiger partial charge in [-0.25, -0.2) is 9.59 Å². The van der Waals surface area contributed by atoms with Gasteiger partial charge in [-0.2, -0.15) is 0 Å². The Morgan fingerprint density at radius 1 is 1.38 bits per heavy atom. The van der Waals surface area contributed by atoms with Crippen molar-refractivity contribution in [1.29, 1.82) is 0 Å². The van der Waals surface area contributed by atoms with Crippen molar-refractivity contribution in [3.05, 3.63) is 35.4 Å². The number of hydrogen-bond donors (Lipinski definition) is 2. The van der Waals surface area contributed by atoms with Gasteiger partial charge in [-0.05, 0) is 49.8 Å². The Labute approximate surface area is 125 Å². The third kappa shape index (κ3) is 4.77. The van der Waals surface area contributed by atoms with E-state index in [0.717, 1.165) is 18.7 Å². The highest BCUT2D eigenvalue weighted by Gasteiger charge is 2.25. The molecule has 0 aliphatic heterocycles. The summed E-state index contributed by atoms with van der Waals surface area (Å²) in [6, 6.07) is 6.79. The maximum atomic E-state index is 12.0. The lowest BCUT2D eigenvalue weighted by molar-refractivity contribution is 0.0696. The minimum Gasteiger partial charge on any atom is -0.478 e. The number of carbonyl (C=O) groups is 2. The summed E-state index contributed by atoms with van der Waals surface area (Å²) in [5.41, 5.74) is 1.20. The molecule has 5 heteroatoms. The molecule has 1 aliphatic rings. The highest BCUT2D eigenvalue weighted by Crippen LogP contribution is 2.29. The van der Waals surface area contributed by atoms with Crippen LogP contribution in [0.4, 0.5) is 4.79 Å². The molecule has 0 saturated heterocycles. The van der Waals surface area contributed by atoms with Crippen LogP contribution in [0.3, 0.4) is 0 Å². The first-order valence-corrected chi connectivity index (χ1v) is 7.45. The van der Waals surface area contributed by atoms with E-state index in [4.69, 9.17) is 5.11 Å². The number of urea groups is 1. The summed E-state index contributed by atoms with van der Waals surface area (Å²) in [5, 5.41) is 11.8. The second-order valence-corrected chi connectivity index (χ2v) is 5.47. The molecule has 1 saturated carbocycles. The van der Waals surface area contributed by atoms with Crippen LogP contribution in [0.2, 0.25) is 0 Å². The Bertz CT molecular complexity index is 512. The first-order chi connectivity index (χ1) is 10.1. The maximum Gasteiger partial charge on any atom is 0.335 e. The molecular weight excluding hydrogens is 268 g/mol. The summed E-state index contributed by atoms with van der Waals surface area (Å²) >= 11 is 0. The first kappa shape index (κ1) is 15.4. The van der Waals surface area contributed by atoms with Crippen LogP contribution in [0.25, 0.3) is 0 Å². The molecule has 1 aromatic rings. The topological polar surface area (TPSA) is 69.6 Å². The van der Waals surface area contributed by atoms with E-state index in [-0.39, 0.29) is 11.6 Å². The van der Waals surface area contributed by atoms with Crippen LogP contribution in [-0.2, 0) is 6.42 Å². The van der Waals surface area contributed by atoms with Crippen molar-refractivity contribution in [1.82, 2.24) is 10.2 Å². The Hall–Kier alpha value is -2.04. The summed E-state index contributed by atoms with van der Waals surface area (Å²) < 4.78 is 0. The summed E-state index contributed by atoms with van der Waals surface area (Å²) in [6.07, 6.45) is 3.09. The van der Waals surface area contributed by atoms with Gasteiger partial charge in [0.2, 0.25) is 0 Å². The number of amides is 2. The van der Waals surface area contributed by atoms with Gasteiger partial charge in [0.25, 0.3) is 0 Å². The molecule has 1 aliphatic carbocycles. The minimum absolute atomic E-state index is 0.0289. The molecule has 114 valence electrons. The fourth-order valence-corrected chi connectivity index (χ4v) is 2.25. The zero-order valence-corrected chi connectivity index (χ0v) is 12.3. The minimum atomic E-state index is -0.928. The van der Waals surface area contributed by atoms with Gasteiger partial charge in [-0.1, -0.05) is 12.1 Å². The third-order valence-electron chi connectivity index (χ3n) is 3.71. The van der Waals surface area contributed by atoms with Crippen molar-refractivity contribution >= 4 is 12.0 Å². The number of hydrogen-bond acceptors (Lipinski definition) is 2. The van der Waals surface area contributed by atoms with Gasteiger partial charge in [0.15, 0.2) is 0 Å². The van der Waals surface area contributed by atoms with Crippen LogP contribution in [0.1, 0.15) is 35.7 Å². The average molecular weight is 290 g/mol. The van der Waals surface area contributed by atoms with Crippen LogP contribution in [0, 0.1) is 5.92 Å². The van der Waals surface area contributed by atoms with Gasteiger partial charge < -0.3 is 15.3 Å². The lowest BCUT2D eigenvalue weighted by Gasteiger charge is -2.21. The predicted molar refractivity (Wildman–Crippen MR) is 80.5 cm³/mol. The Morgan fingerprint density at radius 2 is 2.14 bits per heavy atom. The van der Waals surface area contributed by atoms with Gasteiger partial charge in [0.1, 0.15) is 0 Å². The lowest BCUT2D eigenvalue weighted by atomic mass is 10.1. The number of benzene rings is 1. The van der Waals surface area contributed by atoms with Crippen molar-refractivity contribution in [3.63, 3.8) is 0 Å². The molecule has 0 bridgehead atoms. The van der Waals surface area contributed by atoms with E-state index in [2.05, 4.69) is 5.32 Å². The number of nitrogens with zero attached hydrogens (tertiary/aromatic N) is 1. The highest BCUT2D eigenvalue weighted by atomic mass is 16.4. The molecular formula is C16H22N2O3. The number of carbonyl (C=O) groups excluding carboxylic acids is 1. The fraction of sp³-hybridized carbons (Fsp3) is 0.500. The van der Waals surface area contributed by atoms with Crippen molar-refractivity contribution in [3.8, 4) is 0 Å². The predicted octanol–water partition coefficient (Wildman–Crippen LogP) is 2.37. The zero-order chi connectivity index (χ0) is 15.2. The molecule has 0 heterocycles. The van der Waals surface area contributed by atoms with Gasteiger partial charge >= 0.3 is 12.0 Å². The van der Waals surface area contributed by atoms with Crippen molar-refractivity contribution in [2.24, 2.45) is 5.92 Å². The smallest absolute Gasteiger partial charge is 0.335 e. The van der Waals surface area contributed by atoms with E-state index in [1.54, 1.807) is 18.2 Å². The standard InChI is InChI=1S/C16H22N2O3/c1-2-18(11-13-6-7-13)16(21)17-9-8-12-4-3-5-14(10-12)15(19)20/h3-5,10,13H,2,6-9,11H2,1H3,(H,17,21)(H,19,20). The molecule has 2 N–H and O–H groups in total. The first-order valence-electron chi connectivity index (χ1n) is 7.45. The largest absolute Gasteiger partial charge is 0.478 e. The monoisotopic (exact) mass is 290 g/mol. The normalized spacial score (nSPS) is 13.8. The molecule has 0 atom stereocenters. The van der Waals surface area contributed by atoms with Gasteiger partial charge in [0, 0.05) is 19.6 Å². The van der Waals surface area contributed by atoms with E-state index in [9.17, 15) is 9.59 Å². The Balaban J connectivity index is 1.78. The second-order valence-electron chi connectivity index (χ2n) is 5.47. The summed E-state index contributed by atoms with van der Waals surface area (Å²) in [4.78, 5) is 24.8. The van der Waals surface area contributed by atoms with E-state index in [1.165, 1.54) is 12.8 Å². The summed E-state index contributed by atoms with van der Waals surface area (Å²) in [7, 11) is 0.